The highest BCUT2D eigenvalue weighted by Gasteiger charge is 2.12. The molecule has 0 amide bonds. The van der Waals surface area contributed by atoms with Gasteiger partial charge in [-0.05, 0) is 49.7 Å². The van der Waals surface area contributed by atoms with E-state index in [4.69, 9.17) is 4.74 Å². The smallest absolute Gasteiger partial charge is 0.292 e. The summed E-state index contributed by atoms with van der Waals surface area (Å²) < 4.78 is 5.78. The van der Waals surface area contributed by atoms with E-state index in [1.165, 1.54) is 32.0 Å². The lowest BCUT2D eigenvalue weighted by Gasteiger charge is -2.15. The van der Waals surface area contributed by atoms with Gasteiger partial charge in [0, 0.05) is 19.2 Å². The monoisotopic (exact) mass is 341 g/mol. The zero-order valence-corrected chi connectivity index (χ0v) is 14.2. The predicted octanol–water partition coefficient (Wildman–Crippen LogP) is 3.68. The van der Waals surface area contributed by atoms with Gasteiger partial charge in [-0.15, -0.1) is 0 Å². The van der Waals surface area contributed by atoms with Gasteiger partial charge in [-0.2, -0.15) is 0 Å². The van der Waals surface area contributed by atoms with Crippen molar-refractivity contribution in [2.75, 3.05) is 31.6 Å². The van der Waals surface area contributed by atoms with Crippen molar-refractivity contribution in [1.29, 1.82) is 0 Å². The molecule has 1 aliphatic heterocycles. The Morgan fingerprint density at radius 2 is 1.80 bits per heavy atom. The molecule has 0 atom stereocenters. The second kappa shape index (κ2) is 8.48. The Balaban J connectivity index is 1.48. The molecule has 6 nitrogen and oxygen atoms in total. The lowest BCUT2D eigenvalue weighted by molar-refractivity contribution is -0.384. The molecule has 1 saturated heterocycles. The zero-order chi connectivity index (χ0) is 17.5. The van der Waals surface area contributed by atoms with Crippen LogP contribution < -0.4 is 10.1 Å². The second-order valence-corrected chi connectivity index (χ2v) is 6.17. The van der Waals surface area contributed by atoms with Crippen LogP contribution >= 0.6 is 0 Å². The van der Waals surface area contributed by atoms with E-state index in [9.17, 15) is 10.1 Å². The van der Waals surface area contributed by atoms with Crippen LogP contribution in [0.15, 0.2) is 48.5 Å². The predicted molar refractivity (Wildman–Crippen MR) is 98.0 cm³/mol. The van der Waals surface area contributed by atoms with Crippen LogP contribution in [0.1, 0.15) is 18.4 Å². The molecule has 3 rings (SSSR count). The second-order valence-electron chi connectivity index (χ2n) is 6.17. The molecule has 2 aromatic carbocycles. The maximum absolute atomic E-state index is 11.0. The lowest BCUT2D eigenvalue weighted by Crippen LogP contribution is -2.25. The maximum atomic E-state index is 11.0. The SMILES string of the molecule is O=[N+]([O-])c1ccccc1NCc1ccc(OCCN2CCCC2)cc1. The molecule has 0 aliphatic carbocycles. The van der Waals surface area contributed by atoms with Crippen molar-refractivity contribution in [1.82, 2.24) is 4.90 Å². The molecule has 2 aromatic rings. The third-order valence-corrected chi connectivity index (χ3v) is 4.38. The first kappa shape index (κ1) is 17.2. The number of anilines is 1. The highest BCUT2D eigenvalue weighted by Crippen LogP contribution is 2.24. The number of nitro benzene ring substituents is 1. The van der Waals surface area contributed by atoms with Crippen LogP contribution in [-0.2, 0) is 6.54 Å². The standard InChI is InChI=1S/C19H23N3O3/c23-22(24)19-6-2-1-5-18(19)20-15-16-7-9-17(10-8-16)25-14-13-21-11-3-4-12-21/h1-2,5-10,20H,3-4,11-15H2. The molecule has 0 aromatic heterocycles. The molecule has 25 heavy (non-hydrogen) atoms. The Morgan fingerprint density at radius 1 is 1.08 bits per heavy atom. The summed E-state index contributed by atoms with van der Waals surface area (Å²) in [4.78, 5) is 13.1. The number of likely N-dealkylation sites (tertiary alicyclic amines) is 1. The average Bonchev–Trinajstić information content (AvgIpc) is 3.15. The Kier molecular flexibility index (Phi) is 5.85. The molecule has 1 heterocycles. The van der Waals surface area contributed by atoms with E-state index in [1.807, 2.05) is 24.3 Å². The van der Waals surface area contributed by atoms with E-state index < -0.39 is 0 Å². The lowest BCUT2D eigenvalue weighted by atomic mass is 10.2. The summed E-state index contributed by atoms with van der Waals surface area (Å²) in [6.07, 6.45) is 2.59. The molecule has 0 radical (unpaired) electrons. The van der Waals surface area contributed by atoms with Gasteiger partial charge in [0.05, 0.1) is 4.92 Å². The zero-order valence-electron chi connectivity index (χ0n) is 14.2. The maximum Gasteiger partial charge on any atom is 0.292 e. The Labute approximate surface area is 147 Å². The van der Waals surface area contributed by atoms with Gasteiger partial charge in [-0.25, -0.2) is 0 Å². The van der Waals surface area contributed by atoms with Crippen molar-refractivity contribution < 1.29 is 9.66 Å². The number of hydrogen-bond acceptors (Lipinski definition) is 5. The van der Waals surface area contributed by atoms with Gasteiger partial charge < -0.3 is 10.1 Å². The van der Waals surface area contributed by atoms with Crippen LogP contribution in [0, 0.1) is 10.1 Å². The van der Waals surface area contributed by atoms with Crippen LogP contribution in [0.3, 0.4) is 0 Å². The Hall–Kier alpha value is -2.60. The quantitative estimate of drug-likeness (QED) is 0.586. The van der Waals surface area contributed by atoms with Crippen LogP contribution in [0.4, 0.5) is 11.4 Å². The average molecular weight is 341 g/mol. The third-order valence-electron chi connectivity index (χ3n) is 4.38. The van der Waals surface area contributed by atoms with Gasteiger partial charge in [0.25, 0.3) is 5.69 Å². The number of ether oxygens (including phenoxy) is 1. The van der Waals surface area contributed by atoms with Crippen molar-refractivity contribution in [3.63, 3.8) is 0 Å². The largest absolute Gasteiger partial charge is 0.492 e. The summed E-state index contributed by atoms with van der Waals surface area (Å²) in [5, 5.41) is 14.1. The fraction of sp³-hybridized carbons (Fsp3) is 0.368. The van der Waals surface area contributed by atoms with E-state index >= 15 is 0 Å². The van der Waals surface area contributed by atoms with Crippen molar-refractivity contribution in [2.24, 2.45) is 0 Å². The first-order chi connectivity index (χ1) is 12.2. The molecule has 1 aliphatic rings. The number of hydrogen-bond donors (Lipinski definition) is 1. The van der Waals surface area contributed by atoms with E-state index in [0.29, 0.717) is 18.8 Å². The van der Waals surface area contributed by atoms with Crippen LogP contribution in [0.5, 0.6) is 5.75 Å². The van der Waals surface area contributed by atoms with Gasteiger partial charge in [0.1, 0.15) is 18.0 Å². The summed E-state index contributed by atoms with van der Waals surface area (Å²) >= 11 is 0. The van der Waals surface area contributed by atoms with Crippen LogP contribution in [-0.4, -0.2) is 36.1 Å². The molecular weight excluding hydrogens is 318 g/mol. The Bertz CT molecular complexity index is 697. The van der Waals surface area contributed by atoms with Crippen LogP contribution in [0.2, 0.25) is 0 Å². The van der Waals surface area contributed by atoms with Crippen molar-refractivity contribution >= 4 is 11.4 Å². The first-order valence-corrected chi connectivity index (χ1v) is 8.64. The number of benzene rings is 2. The van der Waals surface area contributed by atoms with E-state index in [-0.39, 0.29) is 10.6 Å². The number of nitrogens with one attached hydrogen (secondary N) is 1. The van der Waals surface area contributed by atoms with E-state index in [0.717, 1.165) is 17.9 Å². The molecule has 0 unspecified atom stereocenters. The molecule has 132 valence electrons. The summed E-state index contributed by atoms with van der Waals surface area (Å²) in [5.41, 5.74) is 1.66. The molecule has 1 fully saturated rings. The summed E-state index contributed by atoms with van der Waals surface area (Å²) in [6.45, 7) is 4.56. The summed E-state index contributed by atoms with van der Waals surface area (Å²) in [5.74, 6) is 0.855. The van der Waals surface area contributed by atoms with Gasteiger partial charge in [0.15, 0.2) is 0 Å². The molecule has 0 spiro atoms. The van der Waals surface area contributed by atoms with Crippen molar-refractivity contribution in [3.8, 4) is 5.75 Å². The minimum Gasteiger partial charge on any atom is -0.492 e. The molecule has 6 heteroatoms. The molecular formula is C19H23N3O3. The molecule has 0 bridgehead atoms. The number of rotatable bonds is 8. The fourth-order valence-electron chi connectivity index (χ4n) is 2.98. The topological polar surface area (TPSA) is 67.6 Å². The first-order valence-electron chi connectivity index (χ1n) is 8.64. The summed E-state index contributed by atoms with van der Waals surface area (Å²) in [7, 11) is 0. The molecule has 1 N–H and O–H groups in total. The Morgan fingerprint density at radius 3 is 2.52 bits per heavy atom. The van der Waals surface area contributed by atoms with Gasteiger partial charge >= 0.3 is 0 Å². The van der Waals surface area contributed by atoms with Gasteiger partial charge in [0.2, 0.25) is 0 Å². The third kappa shape index (κ3) is 4.93. The molecule has 0 saturated carbocycles. The van der Waals surface area contributed by atoms with Gasteiger partial charge in [-0.1, -0.05) is 24.3 Å². The van der Waals surface area contributed by atoms with Gasteiger partial charge in [-0.3, -0.25) is 15.0 Å². The minimum atomic E-state index is -0.375. The normalized spacial score (nSPS) is 14.4. The van der Waals surface area contributed by atoms with E-state index in [1.54, 1.807) is 18.2 Å². The van der Waals surface area contributed by atoms with Crippen molar-refractivity contribution in [3.05, 3.63) is 64.2 Å². The van der Waals surface area contributed by atoms with E-state index in [2.05, 4.69) is 10.2 Å². The summed E-state index contributed by atoms with van der Waals surface area (Å²) in [6, 6.07) is 14.5. The van der Waals surface area contributed by atoms with Crippen molar-refractivity contribution in [2.45, 2.75) is 19.4 Å². The fourth-order valence-corrected chi connectivity index (χ4v) is 2.98. The highest BCUT2D eigenvalue weighted by atomic mass is 16.6. The number of nitro groups is 1. The highest BCUT2D eigenvalue weighted by molar-refractivity contribution is 5.61. The minimum absolute atomic E-state index is 0.0874. The number of para-hydroxylation sites is 2. The number of nitrogens with zero attached hydrogens (tertiary/aromatic N) is 2. The van der Waals surface area contributed by atoms with Crippen LogP contribution in [0.25, 0.3) is 0 Å².